The van der Waals surface area contributed by atoms with E-state index in [0.29, 0.717) is 0 Å². The van der Waals surface area contributed by atoms with Gasteiger partial charge in [-0.3, -0.25) is 0 Å². The number of halogens is 1. The first kappa shape index (κ1) is 11.4. The van der Waals surface area contributed by atoms with E-state index in [9.17, 15) is 4.79 Å². The van der Waals surface area contributed by atoms with Crippen molar-refractivity contribution >= 4 is 38.8 Å². The molecule has 0 bridgehead atoms. The molecular formula is C12H7BrN2O2S. The molecule has 0 saturated heterocycles. The highest BCUT2D eigenvalue weighted by atomic mass is 79.9. The summed E-state index contributed by atoms with van der Waals surface area (Å²) < 4.78 is 2.86. The van der Waals surface area contributed by atoms with Gasteiger partial charge >= 0.3 is 5.97 Å². The molecule has 0 aliphatic heterocycles. The summed E-state index contributed by atoms with van der Waals surface area (Å²) in [6.45, 7) is 0. The maximum absolute atomic E-state index is 10.8. The molecule has 3 heterocycles. The minimum absolute atomic E-state index is 0.0551. The highest BCUT2D eigenvalue weighted by Crippen LogP contribution is 2.31. The Morgan fingerprint density at radius 2 is 2.22 bits per heavy atom. The molecule has 0 saturated carbocycles. The molecule has 0 aliphatic rings. The van der Waals surface area contributed by atoms with Crippen LogP contribution in [0.4, 0.5) is 0 Å². The van der Waals surface area contributed by atoms with Crippen LogP contribution in [0.1, 0.15) is 10.5 Å². The van der Waals surface area contributed by atoms with Gasteiger partial charge < -0.3 is 9.51 Å². The molecular weight excluding hydrogens is 316 g/mol. The molecule has 0 spiro atoms. The van der Waals surface area contributed by atoms with Crippen molar-refractivity contribution in [1.29, 1.82) is 0 Å². The fraction of sp³-hybridized carbons (Fsp3) is 0. The van der Waals surface area contributed by atoms with E-state index in [2.05, 4.69) is 20.9 Å². The van der Waals surface area contributed by atoms with Crippen molar-refractivity contribution in [1.82, 2.24) is 9.38 Å². The van der Waals surface area contributed by atoms with Gasteiger partial charge in [0.1, 0.15) is 6.33 Å². The van der Waals surface area contributed by atoms with E-state index in [4.69, 9.17) is 5.11 Å². The largest absolute Gasteiger partial charge is 0.477 e. The first-order chi connectivity index (χ1) is 8.63. The van der Waals surface area contributed by atoms with Crippen LogP contribution in [0.5, 0.6) is 0 Å². The molecule has 6 heteroatoms. The van der Waals surface area contributed by atoms with Crippen LogP contribution in [-0.4, -0.2) is 20.5 Å². The van der Waals surface area contributed by atoms with Crippen LogP contribution in [0.3, 0.4) is 0 Å². The van der Waals surface area contributed by atoms with Crippen molar-refractivity contribution in [2.75, 3.05) is 0 Å². The van der Waals surface area contributed by atoms with Crippen LogP contribution in [-0.2, 0) is 0 Å². The van der Waals surface area contributed by atoms with Gasteiger partial charge in [-0.05, 0) is 34.1 Å². The number of aromatic carboxylic acids is 1. The number of hydrogen-bond donors (Lipinski definition) is 1. The summed E-state index contributed by atoms with van der Waals surface area (Å²) in [5.41, 5.74) is 1.93. The van der Waals surface area contributed by atoms with Crippen molar-refractivity contribution in [3.05, 3.63) is 46.3 Å². The minimum Gasteiger partial charge on any atom is -0.477 e. The molecule has 0 amide bonds. The molecule has 18 heavy (non-hydrogen) atoms. The second-order valence-corrected chi connectivity index (χ2v) is 5.60. The van der Waals surface area contributed by atoms with Crippen molar-refractivity contribution in [3.63, 3.8) is 0 Å². The van der Waals surface area contributed by atoms with Gasteiger partial charge in [0.05, 0.1) is 0 Å². The molecule has 0 unspecified atom stereocenters. The second-order valence-electron chi connectivity index (χ2n) is 3.77. The topological polar surface area (TPSA) is 54.6 Å². The number of carboxylic acids is 1. The van der Waals surface area contributed by atoms with Crippen LogP contribution in [0, 0.1) is 0 Å². The van der Waals surface area contributed by atoms with E-state index in [1.54, 1.807) is 17.4 Å². The normalized spacial score (nSPS) is 10.9. The third-order valence-corrected chi connectivity index (χ3v) is 4.30. The molecule has 4 nitrogen and oxygen atoms in total. The highest BCUT2D eigenvalue weighted by molar-refractivity contribution is 9.10. The van der Waals surface area contributed by atoms with Crippen molar-refractivity contribution in [3.8, 4) is 10.4 Å². The Bertz CT molecular complexity index is 747. The lowest BCUT2D eigenvalue weighted by molar-refractivity contribution is 0.0690. The van der Waals surface area contributed by atoms with E-state index in [1.165, 1.54) is 6.33 Å². The fourth-order valence-corrected chi connectivity index (χ4v) is 3.14. The van der Waals surface area contributed by atoms with Crippen molar-refractivity contribution in [2.45, 2.75) is 0 Å². The average Bonchev–Trinajstić information content (AvgIpc) is 2.93. The van der Waals surface area contributed by atoms with Gasteiger partial charge in [-0.1, -0.05) is 0 Å². The third-order valence-electron chi connectivity index (χ3n) is 2.56. The average molecular weight is 323 g/mol. The molecule has 0 aromatic carbocycles. The van der Waals surface area contributed by atoms with Crippen LogP contribution in [0.15, 0.2) is 40.6 Å². The van der Waals surface area contributed by atoms with Crippen molar-refractivity contribution < 1.29 is 9.90 Å². The zero-order chi connectivity index (χ0) is 12.7. The maximum atomic E-state index is 10.8. The Balaban J connectivity index is 2.13. The van der Waals surface area contributed by atoms with Gasteiger partial charge in [-0.2, -0.15) is 0 Å². The van der Waals surface area contributed by atoms with Crippen LogP contribution >= 0.6 is 27.3 Å². The smallest absolute Gasteiger partial charge is 0.354 e. The summed E-state index contributed by atoms with van der Waals surface area (Å²) in [5.74, 6) is -1.01. The predicted octanol–water partition coefficient (Wildman–Crippen LogP) is 3.52. The third kappa shape index (κ3) is 1.93. The Kier molecular flexibility index (Phi) is 2.68. The molecule has 0 aliphatic carbocycles. The zero-order valence-corrected chi connectivity index (χ0v) is 11.4. The number of hydrogen-bond acceptors (Lipinski definition) is 3. The second kappa shape index (κ2) is 4.22. The van der Waals surface area contributed by atoms with Gasteiger partial charge in [0.15, 0.2) is 5.69 Å². The van der Waals surface area contributed by atoms with Gasteiger partial charge in [0.2, 0.25) is 0 Å². The molecule has 3 aromatic heterocycles. The lowest BCUT2D eigenvalue weighted by Gasteiger charge is -1.95. The van der Waals surface area contributed by atoms with Gasteiger partial charge in [-0.15, -0.1) is 11.3 Å². The number of rotatable bonds is 2. The van der Waals surface area contributed by atoms with E-state index in [-0.39, 0.29) is 5.69 Å². The minimum atomic E-state index is -1.01. The standard InChI is InChI=1S/C12H7BrN2O2S/c13-8-2-11(18-5-8)7-1-9-3-10(12(16)17)14-6-15(9)4-7/h1-6H,(H,16,17). The SMILES string of the molecule is O=C(O)c1cc2cc(-c3cc(Br)cs3)cn2cn1. The summed E-state index contributed by atoms with van der Waals surface area (Å²) >= 11 is 5.05. The van der Waals surface area contributed by atoms with E-state index < -0.39 is 5.97 Å². The summed E-state index contributed by atoms with van der Waals surface area (Å²) in [4.78, 5) is 15.9. The first-order valence-corrected chi connectivity index (χ1v) is 6.76. The van der Waals surface area contributed by atoms with Crippen molar-refractivity contribution in [2.24, 2.45) is 0 Å². The number of thiophene rings is 1. The van der Waals surface area contributed by atoms with Gasteiger partial charge in [0.25, 0.3) is 0 Å². The quantitative estimate of drug-likeness (QED) is 0.785. The zero-order valence-electron chi connectivity index (χ0n) is 9.00. The molecule has 0 radical (unpaired) electrons. The molecule has 3 aromatic rings. The molecule has 0 fully saturated rings. The van der Waals surface area contributed by atoms with E-state index in [1.807, 2.05) is 28.1 Å². The number of aromatic nitrogens is 2. The van der Waals surface area contributed by atoms with Gasteiger partial charge in [0, 0.05) is 32.0 Å². The molecule has 1 N–H and O–H groups in total. The summed E-state index contributed by atoms with van der Waals surface area (Å²) in [7, 11) is 0. The number of fused-ring (bicyclic) bond motifs is 1. The Morgan fingerprint density at radius 1 is 1.39 bits per heavy atom. The first-order valence-electron chi connectivity index (χ1n) is 5.09. The van der Waals surface area contributed by atoms with Crippen LogP contribution in [0.2, 0.25) is 0 Å². The maximum Gasteiger partial charge on any atom is 0.354 e. The van der Waals surface area contributed by atoms with Crippen LogP contribution < -0.4 is 0 Å². The number of carbonyl (C=O) groups is 1. The Labute approximate surface area is 115 Å². The summed E-state index contributed by atoms with van der Waals surface area (Å²) in [5, 5.41) is 10.9. The van der Waals surface area contributed by atoms with Gasteiger partial charge in [-0.25, -0.2) is 9.78 Å². The Morgan fingerprint density at radius 3 is 2.89 bits per heavy atom. The lowest BCUT2D eigenvalue weighted by Crippen LogP contribution is -2.00. The monoisotopic (exact) mass is 322 g/mol. The Hall–Kier alpha value is -1.66. The fourth-order valence-electron chi connectivity index (χ4n) is 1.73. The summed E-state index contributed by atoms with van der Waals surface area (Å²) in [6, 6.07) is 5.55. The highest BCUT2D eigenvalue weighted by Gasteiger charge is 2.09. The lowest BCUT2D eigenvalue weighted by atomic mass is 10.2. The predicted molar refractivity (Wildman–Crippen MR) is 73.2 cm³/mol. The summed E-state index contributed by atoms with van der Waals surface area (Å²) in [6.07, 6.45) is 3.46. The van der Waals surface area contributed by atoms with E-state index >= 15 is 0 Å². The molecule has 3 rings (SSSR count). The molecule has 0 atom stereocenters. The number of nitrogens with zero attached hydrogens (tertiary/aromatic N) is 2. The number of carboxylic acid groups (broad SMARTS) is 1. The van der Waals surface area contributed by atoms with Crippen LogP contribution in [0.25, 0.3) is 16.0 Å². The van der Waals surface area contributed by atoms with E-state index in [0.717, 1.165) is 20.4 Å². The molecule has 90 valence electrons.